The summed E-state index contributed by atoms with van der Waals surface area (Å²) in [4.78, 5) is 12.8. The predicted molar refractivity (Wildman–Crippen MR) is 104 cm³/mol. The summed E-state index contributed by atoms with van der Waals surface area (Å²) in [6.07, 6.45) is 1.07. The van der Waals surface area contributed by atoms with E-state index < -0.39 is 16.1 Å². The van der Waals surface area contributed by atoms with Crippen LogP contribution in [-0.2, 0) is 21.4 Å². The second-order valence-corrected chi connectivity index (χ2v) is 8.66. The fourth-order valence-corrected chi connectivity index (χ4v) is 5.50. The van der Waals surface area contributed by atoms with Crippen molar-refractivity contribution in [1.82, 2.24) is 14.8 Å². The molecule has 0 aliphatic carbocycles. The smallest absolute Gasteiger partial charge is 0.249 e. The number of aromatic nitrogens is 1. The van der Waals surface area contributed by atoms with E-state index >= 15 is 0 Å². The number of hydrogen-bond donors (Lipinski definition) is 1. The quantitative estimate of drug-likeness (QED) is 0.722. The number of carbonyl (C=O) groups excluding carboxylic acids is 1. The normalized spacial score (nSPS) is 17.3. The number of ether oxygens (including phenoxy) is 2. The summed E-state index contributed by atoms with van der Waals surface area (Å²) >= 11 is 0. The molecule has 1 fully saturated rings. The number of rotatable bonds is 7. The largest absolute Gasteiger partial charge is 0.493 e. The molecule has 1 aromatic heterocycles. The molecule has 0 radical (unpaired) electrons. The van der Waals surface area contributed by atoms with Gasteiger partial charge in [-0.15, -0.1) is 0 Å². The predicted octanol–water partition coefficient (Wildman–Crippen LogP) is 1.78. The van der Waals surface area contributed by atoms with Crippen LogP contribution < -0.4 is 14.8 Å². The lowest BCUT2D eigenvalue weighted by molar-refractivity contribution is -0.124. The Morgan fingerprint density at radius 2 is 2.00 bits per heavy atom. The van der Waals surface area contributed by atoms with Gasteiger partial charge in [0.15, 0.2) is 17.3 Å². The van der Waals surface area contributed by atoms with E-state index in [2.05, 4.69) is 10.5 Å². The molecule has 29 heavy (non-hydrogen) atoms. The zero-order valence-corrected chi connectivity index (χ0v) is 17.7. The molecule has 3 rings (SSSR count). The molecule has 1 aliphatic heterocycles. The SMILES string of the molecule is COc1ccc(CNC(=O)C2CCCN2S(=O)(=O)c2c(C)noc2C)cc1OC. The van der Waals surface area contributed by atoms with Crippen LogP contribution in [0.2, 0.25) is 0 Å². The van der Waals surface area contributed by atoms with Gasteiger partial charge in [-0.1, -0.05) is 11.2 Å². The topological polar surface area (TPSA) is 111 Å². The molecule has 2 heterocycles. The van der Waals surface area contributed by atoms with Crippen molar-refractivity contribution in [2.24, 2.45) is 0 Å². The maximum Gasteiger partial charge on any atom is 0.249 e. The highest BCUT2D eigenvalue weighted by Gasteiger charge is 2.41. The summed E-state index contributed by atoms with van der Waals surface area (Å²) in [5.41, 5.74) is 1.10. The number of sulfonamides is 1. The van der Waals surface area contributed by atoms with Gasteiger partial charge in [-0.05, 0) is 44.4 Å². The molecule has 158 valence electrons. The Balaban J connectivity index is 1.74. The van der Waals surface area contributed by atoms with Gasteiger partial charge in [-0.2, -0.15) is 4.31 Å². The highest BCUT2D eigenvalue weighted by molar-refractivity contribution is 7.89. The van der Waals surface area contributed by atoms with E-state index in [0.29, 0.717) is 30.0 Å². The van der Waals surface area contributed by atoms with E-state index in [1.807, 2.05) is 6.07 Å². The first-order valence-electron chi connectivity index (χ1n) is 9.23. The molecular formula is C19H25N3O6S. The second kappa shape index (κ2) is 8.42. The van der Waals surface area contributed by atoms with Gasteiger partial charge in [0.1, 0.15) is 16.6 Å². The number of amides is 1. The van der Waals surface area contributed by atoms with Crippen molar-refractivity contribution >= 4 is 15.9 Å². The molecular weight excluding hydrogens is 398 g/mol. The van der Waals surface area contributed by atoms with E-state index in [1.54, 1.807) is 33.1 Å². The van der Waals surface area contributed by atoms with Crippen LogP contribution in [0, 0.1) is 13.8 Å². The van der Waals surface area contributed by atoms with Crippen LogP contribution in [0.5, 0.6) is 11.5 Å². The maximum atomic E-state index is 13.1. The molecule has 0 saturated carbocycles. The second-order valence-electron chi connectivity index (χ2n) is 6.83. The molecule has 1 unspecified atom stereocenters. The fourth-order valence-electron chi connectivity index (χ4n) is 3.55. The molecule has 1 amide bonds. The highest BCUT2D eigenvalue weighted by atomic mass is 32.2. The Hall–Kier alpha value is -2.59. The zero-order chi connectivity index (χ0) is 21.2. The molecule has 1 aromatic carbocycles. The number of benzene rings is 1. The van der Waals surface area contributed by atoms with E-state index in [-0.39, 0.29) is 29.7 Å². The summed E-state index contributed by atoms with van der Waals surface area (Å²) < 4.78 is 42.9. The van der Waals surface area contributed by atoms with Crippen LogP contribution in [-0.4, -0.2) is 50.6 Å². The van der Waals surface area contributed by atoms with Gasteiger partial charge in [0, 0.05) is 13.1 Å². The first-order chi connectivity index (χ1) is 13.8. The number of aryl methyl sites for hydroxylation is 2. The van der Waals surface area contributed by atoms with E-state index in [1.165, 1.54) is 11.4 Å². The van der Waals surface area contributed by atoms with Gasteiger partial charge < -0.3 is 19.3 Å². The van der Waals surface area contributed by atoms with Crippen LogP contribution in [0.15, 0.2) is 27.6 Å². The lowest BCUT2D eigenvalue weighted by Crippen LogP contribution is -2.45. The van der Waals surface area contributed by atoms with Crippen molar-refractivity contribution in [3.63, 3.8) is 0 Å². The maximum absolute atomic E-state index is 13.1. The van der Waals surface area contributed by atoms with Crippen LogP contribution in [0.25, 0.3) is 0 Å². The molecule has 1 aliphatic rings. The van der Waals surface area contributed by atoms with Gasteiger partial charge in [0.25, 0.3) is 0 Å². The standard InChI is InChI=1S/C19H25N3O6S/c1-12-18(13(2)28-21-12)29(24,25)22-9-5-6-15(22)19(23)20-11-14-7-8-16(26-3)17(10-14)27-4/h7-8,10,15H,5-6,9,11H2,1-4H3,(H,20,23). The monoisotopic (exact) mass is 423 g/mol. The minimum atomic E-state index is -3.87. The number of methoxy groups -OCH3 is 2. The summed E-state index contributed by atoms with van der Waals surface area (Å²) in [5.74, 6) is 1.03. The lowest BCUT2D eigenvalue weighted by Gasteiger charge is -2.23. The Morgan fingerprint density at radius 1 is 1.28 bits per heavy atom. The van der Waals surface area contributed by atoms with Crippen molar-refractivity contribution in [3.8, 4) is 11.5 Å². The average molecular weight is 423 g/mol. The zero-order valence-electron chi connectivity index (χ0n) is 16.9. The van der Waals surface area contributed by atoms with Crippen molar-refractivity contribution in [1.29, 1.82) is 0 Å². The van der Waals surface area contributed by atoms with Crippen molar-refractivity contribution in [3.05, 3.63) is 35.2 Å². The molecule has 1 atom stereocenters. The van der Waals surface area contributed by atoms with Crippen molar-refractivity contribution in [2.45, 2.75) is 44.2 Å². The lowest BCUT2D eigenvalue weighted by atomic mass is 10.1. The van der Waals surface area contributed by atoms with Crippen LogP contribution in [0.3, 0.4) is 0 Å². The van der Waals surface area contributed by atoms with Crippen molar-refractivity contribution in [2.75, 3.05) is 20.8 Å². The number of carbonyl (C=O) groups is 1. The van der Waals surface area contributed by atoms with E-state index in [4.69, 9.17) is 14.0 Å². The number of hydrogen-bond acceptors (Lipinski definition) is 7. The third-order valence-electron chi connectivity index (χ3n) is 4.96. The summed E-state index contributed by atoms with van der Waals surface area (Å²) in [7, 11) is -0.787. The highest BCUT2D eigenvalue weighted by Crippen LogP contribution is 2.30. The third kappa shape index (κ3) is 4.08. The Kier molecular flexibility index (Phi) is 6.13. The average Bonchev–Trinajstić information content (AvgIpc) is 3.33. The molecule has 9 nitrogen and oxygen atoms in total. The van der Waals surface area contributed by atoms with Crippen molar-refractivity contribution < 1.29 is 27.2 Å². The minimum absolute atomic E-state index is 0.0390. The van der Waals surface area contributed by atoms with Gasteiger partial charge in [0.05, 0.1) is 14.2 Å². The third-order valence-corrected chi connectivity index (χ3v) is 7.11. The Labute approximate surface area is 170 Å². The molecule has 1 N–H and O–H groups in total. The summed E-state index contributed by atoms with van der Waals surface area (Å²) in [6.45, 7) is 3.65. The first kappa shape index (κ1) is 21.1. The van der Waals surface area contributed by atoms with Crippen LogP contribution in [0.1, 0.15) is 29.9 Å². The minimum Gasteiger partial charge on any atom is -0.493 e. The van der Waals surface area contributed by atoms with Crippen LogP contribution in [0.4, 0.5) is 0 Å². The summed E-state index contributed by atoms with van der Waals surface area (Å²) in [6, 6.07) is 4.57. The molecule has 0 spiro atoms. The molecule has 0 bridgehead atoms. The Morgan fingerprint density at radius 3 is 2.62 bits per heavy atom. The number of nitrogens with one attached hydrogen (secondary N) is 1. The fraction of sp³-hybridized carbons (Fsp3) is 0.474. The van der Waals surface area contributed by atoms with Gasteiger partial charge in [-0.25, -0.2) is 8.42 Å². The molecule has 10 heteroatoms. The summed E-state index contributed by atoms with van der Waals surface area (Å²) in [5, 5.41) is 6.55. The molecule has 2 aromatic rings. The molecule has 1 saturated heterocycles. The number of nitrogens with zero attached hydrogens (tertiary/aromatic N) is 2. The van der Waals surface area contributed by atoms with Crippen LogP contribution >= 0.6 is 0 Å². The first-order valence-corrected chi connectivity index (χ1v) is 10.7. The van der Waals surface area contributed by atoms with E-state index in [0.717, 1.165) is 5.56 Å². The Bertz CT molecular complexity index is 982. The van der Waals surface area contributed by atoms with E-state index in [9.17, 15) is 13.2 Å². The van der Waals surface area contributed by atoms with Gasteiger partial charge in [0.2, 0.25) is 15.9 Å². The van der Waals surface area contributed by atoms with Gasteiger partial charge >= 0.3 is 0 Å². The van der Waals surface area contributed by atoms with Gasteiger partial charge in [-0.3, -0.25) is 4.79 Å².